The fourth-order valence-corrected chi connectivity index (χ4v) is 3.52. The molecule has 1 aromatic carbocycles. The number of rotatable bonds is 7. The Balaban J connectivity index is 1.42. The first-order valence-electron chi connectivity index (χ1n) is 10.4. The molecule has 2 N–H and O–H groups in total. The van der Waals surface area contributed by atoms with Crippen LogP contribution in [0.15, 0.2) is 71.1 Å². The van der Waals surface area contributed by atoms with Crippen molar-refractivity contribution in [2.75, 3.05) is 11.9 Å². The van der Waals surface area contributed by atoms with Crippen LogP contribution >= 0.6 is 0 Å². The van der Waals surface area contributed by atoms with Crippen LogP contribution in [0.2, 0.25) is 0 Å². The molecule has 0 fully saturated rings. The standard InChI is InChI=1S/C23H18FN7O3/c24-16-4-2-1-3-15(16)13-31-19(17-7-10-34-30-17)12-18(29-31)22-25-9-6-20(28-22)27-21(32)11-14-5-8-26-23(14)33/h1-7,9-10,12H,8,11,13H2,(H,26,33)(H,25,27,28,32). The molecule has 0 bridgehead atoms. The molecule has 3 aromatic heterocycles. The minimum atomic E-state index is -0.374. The zero-order chi connectivity index (χ0) is 23.5. The Morgan fingerprint density at radius 2 is 2.09 bits per heavy atom. The Kier molecular flexibility index (Phi) is 5.65. The number of carbonyl (C=O) groups excluding carboxylic acids is 2. The second-order valence-corrected chi connectivity index (χ2v) is 7.48. The molecular weight excluding hydrogens is 441 g/mol. The van der Waals surface area contributed by atoms with Gasteiger partial charge in [-0.25, -0.2) is 14.4 Å². The van der Waals surface area contributed by atoms with Crippen LogP contribution in [0.3, 0.4) is 0 Å². The maximum atomic E-state index is 14.3. The van der Waals surface area contributed by atoms with Gasteiger partial charge in [0, 0.05) is 29.9 Å². The zero-order valence-corrected chi connectivity index (χ0v) is 17.7. The van der Waals surface area contributed by atoms with E-state index < -0.39 is 0 Å². The molecule has 1 aliphatic heterocycles. The Bertz CT molecular complexity index is 1400. The molecule has 5 rings (SSSR count). The van der Waals surface area contributed by atoms with Crippen LogP contribution in [0.4, 0.5) is 10.2 Å². The molecule has 0 atom stereocenters. The SMILES string of the molecule is O=C(CC1=CCNC1=O)Nc1ccnc(-c2cc(-c3ccon3)n(Cc3ccccc3F)n2)n1. The van der Waals surface area contributed by atoms with Crippen molar-refractivity contribution >= 4 is 17.6 Å². The predicted octanol–water partition coefficient (Wildman–Crippen LogP) is 2.57. The van der Waals surface area contributed by atoms with E-state index in [2.05, 4.69) is 30.9 Å². The summed E-state index contributed by atoms with van der Waals surface area (Å²) in [5.74, 6) is -0.452. The number of anilines is 1. The third-order valence-electron chi connectivity index (χ3n) is 5.16. The number of amides is 2. The van der Waals surface area contributed by atoms with Gasteiger partial charge < -0.3 is 15.2 Å². The molecule has 0 saturated heterocycles. The van der Waals surface area contributed by atoms with Crippen molar-refractivity contribution in [3.63, 3.8) is 0 Å². The summed E-state index contributed by atoms with van der Waals surface area (Å²) >= 11 is 0. The lowest BCUT2D eigenvalue weighted by Gasteiger charge is -2.07. The number of hydrogen-bond acceptors (Lipinski definition) is 7. The van der Waals surface area contributed by atoms with Crippen LogP contribution in [-0.4, -0.2) is 43.3 Å². The fourth-order valence-electron chi connectivity index (χ4n) is 3.52. The van der Waals surface area contributed by atoms with Crippen molar-refractivity contribution < 1.29 is 18.5 Å². The molecule has 0 radical (unpaired) electrons. The molecule has 4 heterocycles. The molecule has 34 heavy (non-hydrogen) atoms. The topological polar surface area (TPSA) is 128 Å². The number of carbonyl (C=O) groups is 2. The summed E-state index contributed by atoms with van der Waals surface area (Å²) in [6, 6.07) is 11.4. The molecule has 1 aliphatic rings. The highest BCUT2D eigenvalue weighted by Crippen LogP contribution is 2.25. The maximum absolute atomic E-state index is 14.3. The van der Waals surface area contributed by atoms with Gasteiger partial charge in [-0.1, -0.05) is 29.4 Å². The maximum Gasteiger partial charge on any atom is 0.247 e. The van der Waals surface area contributed by atoms with Crippen LogP contribution in [0.25, 0.3) is 22.9 Å². The van der Waals surface area contributed by atoms with Crippen LogP contribution < -0.4 is 10.6 Å². The Hall–Kier alpha value is -4.67. The van der Waals surface area contributed by atoms with Gasteiger partial charge in [0.1, 0.15) is 29.3 Å². The zero-order valence-electron chi connectivity index (χ0n) is 17.7. The van der Waals surface area contributed by atoms with Crippen LogP contribution in [0, 0.1) is 5.82 Å². The second-order valence-electron chi connectivity index (χ2n) is 7.48. The molecule has 2 amide bonds. The van der Waals surface area contributed by atoms with E-state index in [0.29, 0.717) is 34.8 Å². The lowest BCUT2D eigenvalue weighted by atomic mass is 10.2. The lowest BCUT2D eigenvalue weighted by Crippen LogP contribution is -2.21. The molecule has 0 unspecified atom stereocenters. The molecular formula is C23H18FN7O3. The number of halogens is 1. The average molecular weight is 459 g/mol. The van der Waals surface area contributed by atoms with Crippen molar-refractivity contribution in [1.82, 2.24) is 30.2 Å². The van der Waals surface area contributed by atoms with Crippen LogP contribution in [0.5, 0.6) is 0 Å². The van der Waals surface area contributed by atoms with Gasteiger partial charge in [0.25, 0.3) is 0 Å². The average Bonchev–Trinajstić information content (AvgIpc) is 3.58. The Morgan fingerprint density at radius 3 is 2.85 bits per heavy atom. The molecule has 170 valence electrons. The molecule has 10 nitrogen and oxygen atoms in total. The highest BCUT2D eigenvalue weighted by Gasteiger charge is 2.19. The van der Waals surface area contributed by atoms with Gasteiger partial charge in [0.15, 0.2) is 5.82 Å². The first-order chi connectivity index (χ1) is 16.6. The van der Waals surface area contributed by atoms with E-state index in [1.54, 1.807) is 47.2 Å². The number of nitrogens with one attached hydrogen (secondary N) is 2. The van der Waals surface area contributed by atoms with Gasteiger partial charge in [0.2, 0.25) is 11.8 Å². The number of aromatic nitrogens is 5. The minimum absolute atomic E-state index is 0.0568. The molecule has 0 saturated carbocycles. The largest absolute Gasteiger partial charge is 0.364 e. The normalized spacial score (nSPS) is 13.0. The molecule has 0 spiro atoms. The third kappa shape index (κ3) is 4.44. The highest BCUT2D eigenvalue weighted by molar-refractivity contribution is 6.03. The van der Waals surface area contributed by atoms with Crippen molar-refractivity contribution in [3.8, 4) is 22.9 Å². The molecule has 4 aromatic rings. The summed E-state index contributed by atoms with van der Waals surface area (Å²) in [5.41, 5.74) is 2.38. The first kappa shape index (κ1) is 21.2. The minimum Gasteiger partial charge on any atom is -0.364 e. The molecule has 0 aliphatic carbocycles. The predicted molar refractivity (Wildman–Crippen MR) is 119 cm³/mol. The number of hydrogen-bond donors (Lipinski definition) is 2. The summed E-state index contributed by atoms with van der Waals surface area (Å²) in [5, 5.41) is 13.8. The van der Waals surface area contributed by atoms with E-state index in [-0.39, 0.29) is 42.2 Å². The van der Waals surface area contributed by atoms with Gasteiger partial charge in [-0.2, -0.15) is 5.10 Å². The molecule has 11 heteroatoms. The smallest absolute Gasteiger partial charge is 0.247 e. The van der Waals surface area contributed by atoms with E-state index in [4.69, 9.17) is 4.52 Å². The summed E-state index contributed by atoms with van der Waals surface area (Å²) in [6.07, 6.45) is 4.55. The van der Waals surface area contributed by atoms with Gasteiger partial charge in [-0.15, -0.1) is 0 Å². The van der Waals surface area contributed by atoms with Crippen LogP contribution in [0.1, 0.15) is 12.0 Å². The van der Waals surface area contributed by atoms with Crippen molar-refractivity contribution in [2.24, 2.45) is 0 Å². The number of nitrogens with zero attached hydrogens (tertiary/aromatic N) is 5. The summed E-state index contributed by atoms with van der Waals surface area (Å²) in [7, 11) is 0. The summed E-state index contributed by atoms with van der Waals surface area (Å²) < 4.78 is 20.8. The van der Waals surface area contributed by atoms with Crippen molar-refractivity contribution in [2.45, 2.75) is 13.0 Å². The van der Waals surface area contributed by atoms with Gasteiger partial charge >= 0.3 is 0 Å². The van der Waals surface area contributed by atoms with Crippen LogP contribution in [-0.2, 0) is 16.1 Å². The Labute approximate surface area is 192 Å². The van der Waals surface area contributed by atoms with E-state index in [0.717, 1.165) is 0 Å². The number of benzene rings is 1. The van der Waals surface area contributed by atoms with Crippen molar-refractivity contribution in [3.05, 3.63) is 78.0 Å². The third-order valence-corrected chi connectivity index (χ3v) is 5.16. The summed E-state index contributed by atoms with van der Waals surface area (Å²) in [4.78, 5) is 32.6. The second kappa shape index (κ2) is 9.06. The van der Waals surface area contributed by atoms with E-state index >= 15 is 0 Å². The van der Waals surface area contributed by atoms with Gasteiger partial charge in [-0.3, -0.25) is 14.3 Å². The highest BCUT2D eigenvalue weighted by atomic mass is 19.1. The summed E-state index contributed by atoms with van der Waals surface area (Å²) in [6.45, 7) is 0.574. The van der Waals surface area contributed by atoms with E-state index in [1.807, 2.05) is 0 Å². The van der Waals surface area contributed by atoms with Gasteiger partial charge in [-0.05, 0) is 18.2 Å². The lowest BCUT2D eigenvalue weighted by molar-refractivity contribution is -0.120. The monoisotopic (exact) mass is 459 g/mol. The van der Waals surface area contributed by atoms with Gasteiger partial charge in [0.05, 0.1) is 18.7 Å². The van der Waals surface area contributed by atoms with E-state index in [9.17, 15) is 14.0 Å². The quantitative estimate of drug-likeness (QED) is 0.435. The van der Waals surface area contributed by atoms with E-state index in [1.165, 1.54) is 18.5 Å². The van der Waals surface area contributed by atoms with Crippen molar-refractivity contribution in [1.29, 1.82) is 0 Å². The fraction of sp³-hybridized carbons (Fsp3) is 0.130. The first-order valence-corrected chi connectivity index (χ1v) is 10.4. The Morgan fingerprint density at radius 1 is 1.21 bits per heavy atom.